The molecule has 10 fully saturated rings. The molecule has 25 rings (SSSR count). The van der Waals surface area contributed by atoms with Crippen LogP contribution in [0.25, 0.3) is 27.9 Å². The van der Waals surface area contributed by atoms with Crippen LogP contribution < -0.4 is 20.1 Å². The lowest BCUT2D eigenvalue weighted by atomic mass is 9.47. The Morgan fingerprint density at radius 3 is 0.840 bits per heavy atom. The Balaban J connectivity index is 0.000000106. The van der Waals surface area contributed by atoms with Crippen LogP contribution in [-0.2, 0) is 24.0 Å². The lowest BCUT2D eigenvalue weighted by Crippen LogP contribution is -2.49. The molecule has 0 bridgehead atoms. The molecule has 0 saturated heterocycles. The number of aromatic nitrogens is 5. The van der Waals surface area contributed by atoms with E-state index in [1.165, 1.54) is 205 Å². The number of likely N-dealkylation sites (N-methyl/N-ethyl adjacent to an activating group) is 3. The number of rotatable bonds is 7. The van der Waals surface area contributed by atoms with E-state index >= 15 is 0 Å². The second-order valence-electron chi connectivity index (χ2n) is 51.1. The van der Waals surface area contributed by atoms with Gasteiger partial charge in [-0.2, -0.15) is 0 Å². The highest BCUT2D eigenvalue weighted by Gasteiger charge is 2.64. The average molecular weight is 1940 g/mol. The van der Waals surface area contributed by atoms with Crippen LogP contribution in [0.5, 0.6) is 11.5 Å². The minimum absolute atomic E-state index is 0.109. The van der Waals surface area contributed by atoms with Gasteiger partial charge in [-0.05, 0) is 447 Å². The van der Waals surface area contributed by atoms with Gasteiger partial charge in [0.15, 0.2) is 0 Å². The minimum atomic E-state index is 0.109. The van der Waals surface area contributed by atoms with Crippen molar-refractivity contribution < 1.29 is 33.4 Å². The van der Waals surface area contributed by atoms with Crippen molar-refractivity contribution in [2.45, 2.75) is 276 Å². The van der Waals surface area contributed by atoms with Gasteiger partial charge >= 0.3 is 0 Å². The first-order valence-electron chi connectivity index (χ1n) is 56.1. The van der Waals surface area contributed by atoms with Gasteiger partial charge in [-0.3, -0.25) is 48.9 Å². The molecular formula is C127H164N10O7. The summed E-state index contributed by atoms with van der Waals surface area (Å²) in [5.41, 5.74) is 25.7. The number of carbonyl (C=O) groups excluding carboxylic acids is 5. The Bertz CT molecular complexity index is 6210. The van der Waals surface area contributed by atoms with Crippen LogP contribution in [0.4, 0.5) is 0 Å². The van der Waals surface area contributed by atoms with E-state index in [-0.39, 0.29) is 83.7 Å². The summed E-state index contributed by atoms with van der Waals surface area (Å²) in [7, 11) is 9.28. The number of aryl methyl sites for hydroxylation is 2. The Morgan fingerprint density at radius 1 is 0.299 bits per heavy atom. The minimum Gasteiger partial charge on any atom is -0.495 e. The zero-order valence-electron chi connectivity index (χ0n) is 89.9. The summed E-state index contributed by atoms with van der Waals surface area (Å²) in [5, 5.41) is 6.15. The van der Waals surface area contributed by atoms with Crippen LogP contribution >= 0.6 is 0 Å². The molecular weight excluding hydrogens is 1780 g/mol. The van der Waals surface area contributed by atoms with Gasteiger partial charge in [0, 0.05) is 134 Å². The van der Waals surface area contributed by atoms with Gasteiger partial charge in [-0.25, -0.2) is 0 Å². The van der Waals surface area contributed by atoms with E-state index in [1.54, 1.807) is 32.2 Å². The molecule has 5 aromatic rings. The van der Waals surface area contributed by atoms with E-state index in [9.17, 15) is 24.0 Å². The first-order chi connectivity index (χ1) is 69.0. The first-order valence-corrected chi connectivity index (χ1v) is 56.1. The van der Waals surface area contributed by atoms with Crippen LogP contribution in [0, 0.1) is 157 Å². The number of nitrogens with one attached hydrogen (secondary N) is 2. The third kappa shape index (κ3) is 16.9. The highest BCUT2D eigenvalue weighted by Crippen LogP contribution is 2.74. The van der Waals surface area contributed by atoms with Gasteiger partial charge < -0.3 is 34.8 Å². The maximum absolute atomic E-state index is 12.5. The summed E-state index contributed by atoms with van der Waals surface area (Å²) in [6.45, 7) is 33.4. The van der Waals surface area contributed by atoms with Gasteiger partial charge in [0.25, 0.3) is 0 Å². The number of methoxy groups -OCH3 is 2. The van der Waals surface area contributed by atoms with Crippen molar-refractivity contribution in [3.05, 3.63) is 226 Å². The number of ether oxygens (including phenoxy) is 2. The normalized spacial score (nSPS) is 39.1. The largest absolute Gasteiger partial charge is 0.495 e. The summed E-state index contributed by atoms with van der Waals surface area (Å²) in [4.78, 5) is 89.5. The maximum Gasteiger partial charge on any atom is 0.246 e. The van der Waals surface area contributed by atoms with Gasteiger partial charge in [0.2, 0.25) is 29.5 Å². The molecule has 17 nitrogen and oxygen atoms in total. The number of hydrogen-bond donors (Lipinski definition) is 2. The molecule has 5 aromatic heterocycles. The fourth-order valence-corrected chi connectivity index (χ4v) is 36.5. The standard InChI is InChI=1S/C26H34N2O2.C26H34N2O.C25H32N2O2.2C25H32N2O/c1-25-11-12-28(3)24(29)14-18(25)5-6-20-22-8-7-21(26(22,2)10-9-23(20)25)17-13-19(30-4)16-27-15-17;1-17-13-18(16-27-15-17)21-7-8-22-20-6-5-19-14-24(29)28(4)12-11-25(19,2)23(20)9-10-26(21,22)3;1-24-10-11-27-23(28)13-17(24)4-5-19-21-7-6-20(25(21,2)9-8-22(19)24)16-12-18(29-3)15-26-14-16;1-16-12-17(15-26-14-16)20-6-7-21-19-5-4-18-13-23(28)27-11-10-24(18,2)22(19)8-9-25(20,21)3;1-24-12-14-27(3)23(28)15-18(24)6-7-19-21-9-8-20(17-5-4-13-26-16-17)25(21,2)11-10-22(19)24/h7,13-16,20,22-23H,5-6,8-12H2,1-4H3;7,13-16,20,22-23H,5-6,8-12H2,1-4H3;6,12-15,19,21-22H,4-5,7-11H2,1-3H3,(H,27,28);6,12-15,19,21-22H,4-5,7-11H2,1-3H3,(H,27,28);4-5,8,13,15-16,19,21-22H,6-7,9-12,14H2,1-3H3/t2*20-,22-,23?,25-,26+;3*19-,21-,22?,24-,25+/m00000/s1. The lowest BCUT2D eigenvalue weighted by Gasteiger charge is -2.57. The zero-order chi connectivity index (χ0) is 101. The summed E-state index contributed by atoms with van der Waals surface area (Å²) in [6, 6.07) is 13.2. The van der Waals surface area contributed by atoms with Gasteiger partial charge in [-0.15, -0.1) is 0 Å². The molecule has 20 aliphatic rings. The van der Waals surface area contributed by atoms with Crippen LogP contribution in [0.3, 0.4) is 0 Å². The van der Waals surface area contributed by atoms with Crippen LogP contribution in [-0.4, -0.2) is 137 Å². The molecule has 15 aliphatic carbocycles. The topological polar surface area (TPSA) is 202 Å². The predicted molar refractivity (Wildman–Crippen MR) is 575 cm³/mol. The van der Waals surface area contributed by atoms with Crippen molar-refractivity contribution in [1.82, 2.24) is 50.3 Å². The predicted octanol–water partition coefficient (Wildman–Crippen LogP) is 25.5. The van der Waals surface area contributed by atoms with E-state index in [4.69, 9.17) is 9.47 Å². The van der Waals surface area contributed by atoms with Crippen LogP contribution in [0.1, 0.15) is 301 Å². The van der Waals surface area contributed by atoms with E-state index in [0.717, 1.165) is 169 Å². The fourth-order valence-electron chi connectivity index (χ4n) is 36.5. The molecule has 0 spiro atoms. The van der Waals surface area contributed by atoms with E-state index in [1.807, 2.05) is 103 Å². The van der Waals surface area contributed by atoms with Crippen molar-refractivity contribution in [2.75, 3.05) is 68.1 Å². The number of nitrogens with zero attached hydrogens (tertiary/aromatic N) is 8. The highest BCUT2D eigenvalue weighted by molar-refractivity contribution is 5.92. The number of amides is 5. The number of hydrogen-bond acceptors (Lipinski definition) is 12. The van der Waals surface area contributed by atoms with Crippen LogP contribution in [0.15, 0.2) is 187 Å². The average Bonchev–Trinajstić information content (AvgIpc) is 1.58. The lowest BCUT2D eigenvalue weighted by molar-refractivity contribution is -0.125. The van der Waals surface area contributed by atoms with E-state index < -0.39 is 0 Å². The molecule has 764 valence electrons. The van der Waals surface area contributed by atoms with Gasteiger partial charge in [-0.1, -0.05) is 134 Å². The van der Waals surface area contributed by atoms with Gasteiger partial charge in [0.1, 0.15) is 11.5 Å². The Morgan fingerprint density at radius 2 is 0.562 bits per heavy atom. The molecule has 17 heteroatoms. The van der Waals surface area contributed by atoms with Crippen molar-refractivity contribution >= 4 is 57.4 Å². The summed E-state index contributed by atoms with van der Waals surface area (Å²) in [6.07, 6.45) is 77.5. The quantitative estimate of drug-likeness (QED) is 0.156. The third-order valence-electron chi connectivity index (χ3n) is 44.9. The molecule has 2 N–H and O–H groups in total. The summed E-state index contributed by atoms with van der Waals surface area (Å²) >= 11 is 0. The van der Waals surface area contributed by atoms with Gasteiger partial charge in [0.05, 0.1) is 26.6 Å². The molecule has 5 aliphatic heterocycles. The second-order valence-corrected chi connectivity index (χ2v) is 51.1. The van der Waals surface area contributed by atoms with Crippen molar-refractivity contribution in [3.8, 4) is 11.5 Å². The third-order valence-corrected chi connectivity index (χ3v) is 44.9. The summed E-state index contributed by atoms with van der Waals surface area (Å²) < 4.78 is 10.9. The highest BCUT2D eigenvalue weighted by atomic mass is 16.5. The Labute approximate surface area is 859 Å². The second kappa shape index (κ2) is 38.3. The number of allylic oxidation sites excluding steroid dienone is 15. The number of carbonyl (C=O) groups is 5. The Kier molecular flexibility index (Phi) is 26.6. The van der Waals surface area contributed by atoms with Crippen molar-refractivity contribution in [1.29, 1.82) is 0 Å². The molecule has 0 aromatic carbocycles. The number of pyridine rings is 5. The molecule has 0 radical (unpaired) electrons. The Hall–Kier alpha value is -9.90. The molecule has 5 unspecified atom stereocenters. The van der Waals surface area contributed by atoms with E-state index in [2.05, 4.69) is 198 Å². The monoisotopic (exact) mass is 1940 g/mol. The smallest absolute Gasteiger partial charge is 0.246 e. The summed E-state index contributed by atoms with van der Waals surface area (Å²) in [5.74, 6) is 13.3. The zero-order valence-corrected chi connectivity index (χ0v) is 89.9. The maximum atomic E-state index is 12.5. The fraction of sp³-hybridized carbons (Fsp3) is 0.606. The van der Waals surface area contributed by atoms with Crippen LogP contribution in [0.2, 0.25) is 0 Å². The SMILES string of the molecule is CN1CC[C@@]2(C)C(=CC1=O)CC[C@@H]1C2CC[C@]2(C)C(c3cccnc3)=CC[C@@H]12.COc1cncc(C2=CC[C@H]3[C@@H]4CCC5=CC(=O)N(C)CC[C@]5(C)C4CC[C@]23C)c1.COc1cncc(C2=CC[C@H]3[C@@H]4CCC5=CC(=O)NCC[C@]5(C)C4CC[C@]23C)c1.Cc1cncc(C2=CC[C@H]3[C@@H]4CCC5=CC(=O)N(C)CC[C@]5(C)C4CC[C@]23C)c1.Cc1cncc(C2=CC[C@H]3[C@@H]4CCC5=CC(=O)NCC[C@]5(C)C4CC[C@]23C)c1. The van der Waals surface area contributed by atoms with E-state index in [0.29, 0.717) is 41.4 Å². The molecule has 25 atom stereocenters. The molecule has 144 heavy (non-hydrogen) atoms. The van der Waals surface area contributed by atoms with Crippen molar-refractivity contribution in [2.24, 2.45) is 143 Å². The first kappa shape index (κ1) is 100. The molecule has 5 amide bonds. The number of fused-ring (bicyclic) bond motifs is 25. The molecule has 10 heterocycles. The van der Waals surface area contributed by atoms with Crippen molar-refractivity contribution in [3.63, 3.8) is 0 Å². The molecule has 10 saturated carbocycles.